The predicted molar refractivity (Wildman–Crippen MR) is 77.9 cm³/mol. The summed E-state index contributed by atoms with van der Waals surface area (Å²) in [5.41, 5.74) is 1.22. The van der Waals surface area contributed by atoms with Crippen LogP contribution in [-0.2, 0) is 13.6 Å². The minimum Gasteiger partial charge on any atom is -0.476 e. The molecule has 114 valence electrons. The molecule has 0 spiro atoms. The lowest BCUT2D eigenvalue weighted by Gasteiger charge is -2.07. The van der Waals surface area contributed by atoms with Gasteiger partial charge < -0.3 is 9.67 Å². The second-order valence-electron chi connectivity index (χ2n) is 5.12. The van der Waals surface area contributed by atoms with Gasteiger partial charge >= 0.3 is 5.97 Å². The van der Waals surface area contributed by atoms with E-state index >= 15 is 0 Å². The molecule has 0 fully saturated rings. The summed E-state index contributed by atoms with van der Waals surface area (Å²) in [6, 6.07) is 0. The number of rotatable bonds is 8. The van der Waals surface area contributed by atoms with Crippen LogP contribution in [0.5, 0.6) is 0 Å². The molecule has 0 aliphatic carbocycles. The van der Waals surface area contributed by atoms with Gasteiger partial charge in [0.2, 0.25) is 0 Å². The lowest BCUT2D eigenvalue weighted by Crippen LogP contribution is -2.07. The van der Waals surface area contributed by atoms with Gasteiger partial charge in [-0.15, -0.1) is 5.10 Å². The van der Waals surface area contributed by atoms with E-state index in [1.807, 2.05) is 7.05 Å². The molecule has 0 radical (unpaired) electrons. The van der Waals surface area contributed by atoms with Crippen molar-refractivity contribution in [3.63, 3.8) is 0 Å². The Morgan fingerprint density at radius 1 is 1.29 bits per heavy atom. The van der Waals surface area contributed by atoms with Crippen LogP contribution in [0.1, 0.15) is 49.5 Å². The van der Waals surface area contributed by atoms with E-state index in [4.69, 9.17) is 0 Å². The Hall–Kier alpha value is -2.18. The lowest BCUT2D eigenvalue weighted by atomic mass is 10.1. The first-order chi connectivity index (χ1) is 10.1. The highest BCUT2D eigenvalue weighted by atomic mass is 16.4. The van der Waals surface area contributed by atoms with Gasteiger partial charge in [-0.2, -0.15) is 0 Å². The zero-order valence-electron chi connectivity index (χ0n) is 12.5. The van der Waals surface area contributed by atoms with E-state index in [-0.39, 0.29) is 5.69 Å². The maximum Gasteiger partial charge on any atom is 0.358 e. The Morgan fingerprint density at radius 3 is 2.67 bits per heavy atom. The summed E-state index contributed by atoms with van der Waals surface area (Å²) in [6.07, 6.45) is 8.98. The number of carboxylic acids is 1. The van der Waals surface area contributed by atoms with Crippen LogP contribution < -0.4 is 0 Å². The second-order valence-corrected chi connectivity index (χ2v) is 5.12. The zero-order valence-corrected chi connectivity index (χ0v) is 12.5. The smallest absolute Gasteiger partial charge is 0.358 e. The number of aromatic nitrogens is 5. The molecule has 0 aliphatic rings. The van der Waals surface area contributed by atoms with E-state index in [0.717, 1.165) is 12.8 Å². The van der Waals surface area contributed by atoms with Crippen LogP contribution in [0.25, 0.3) is 11.4 Å². The predicted octanol–water partition coefficient (Wildman–Crippen LogP) is 2.35. The van der Waals surface area contributed by atoms with Crippen LogP contribution in [0.15, 0.2) is 12.5 Å². The van der Waals surface area contributed by atoms with Gasteiger partial charge in [-0.1, -0.05) is 37.8 Å². The molecule has 2 aromatic rings. The first-order valence-corrected chi connectivity index (χ1v) is 7.28. The van der Waals surface area contributed by atoms with Gasteiger partial charge in [-0.3, -0.25) is 0 Å². The van der Waals surface area contributed by atoms with Crippen LogP contribution in [0.2, 0.25) is 0 Å². The van der Waals surface area contributed by atoms with Crippen molar-refractivity contribution >= 4 is 5.97 Å². The minimum atomic E-state index is -1.07. The number of aryl methyl sites for hydroxylation is 2. The topological polar surface area (TPSA) is 85.8 Å². The molecule has 0 saturated carbocycles. The van der Waals surface area contributed by atoms with Crippen LogP contribution in [0, 0.1) is 0 Å². The molecule has 2 rings (SSSR count). The fraction of sp³-hybridized carbons (Fsp3) is 0.571. The van der Waals surface area contributed by atoms with E-state index in [9.17, 15) is 9.90 Å². The number of unbranched alkanes of at least 4 members (excludes halogenated alkanes) is 4. The normalized spacial score (nSPS) is 11.0. The molecule has 0 aliphatic heterocycles. The number of nitrogens with zero attached hydrogens (tertiary/aromatic N) is 5. The Morgan fingerprint density at radius 2 is 2.05 bits per heavy atom. The highest BCUT2D eigenvalue weighted by Gasteiger charge is 2.22. The molecule has 2 aromatic heterocycles. The molecule has 1 N–H and O–H groups in total. The average Bonchev–Trinajstić information content (AvgIpc) is 3.04. The van der Waals surface area contributed by atoms with Gasteiger partial charge in [-0.05, 0) is 6.42 Å². The third kappa shape index (κ3) is 3.48. The summed E-state index contributed by atoms with van der Waals surface area (Å²) < 4.78 is 3.45. The van der Waals surface area contributed by atoms with Gasteiger partial charge in [-0.25, -0.2) is 14.5 Å². The third-order valence-corrected chi connectivity index (χ3v) is 3.47. The van der Waals surface area contributed by atoms with Crippen molar-refractivity contribution in [1.82, 2.24) is 24.5 Å². The van der Waals surface area contributed by atoms with Gasteiger partial charge in [0.15, 0.2) is 5.69 Å². The lowest BCUT2D eigenvalue weighted by molar-refractivity contribution is 0.0691. The molecule has 7 nitrogen and oxygen atoms in total. The third-order valence-electron chi connectivity index (χ3n) is 3.47. The molecule has 7 heteroatoms. The van der Waals surface area contributed by atoms with Crippen molar-refractivity contribution in [3.8, 4) is 11.4 Å². The standard InChI is InChI=1S/C14H21N5O2/c1-3-4-5-6-7-8-19-13(11-9-15-10-18(11)2)12(14(20)21)16-17-19/h9-10H,3-8H2,1-2H3,(H,20,21). The van der Waals surface area contributed by atoms with Gasteiger partial charge in [0, 0.05) is 13.6 Å². The van der Waals surface area contributed by atoms with Crippen LogP contribution in [-0.4, -0.2) is 35.6 Å². The van der Waals surface area contributed by atoms with Crippen LogP contribution in [0.4, 0.5) is 0 Å². The molecule has 0 bridgehead atoms. The SMILES string of the molecule is CCCCCCCn1nnc(C(=O)O)c1-c1cncn1C. The molecule has 0 saturated heterocycles. The second kappa shape index (κ2) is 7.01. The molecule has 0 unspecified atom stereocenters. The monoisotopic (exact) mass is 291 g/mol. The number of imidazole rings is 1. The Kier molecular flexibility index (Phi) is 5.08. The summed E-state index contributed by atoms with van der Waals surface area (Å²) in [5, 5.41) is 17.1. The van der Waals surface area contributed by atoms with E-state index in [2.05, 4.69) is 22.2 Å². The van der Waals surface area contributed by atoms with Gasteiger partial charge in [0.05, 0.1) is 18.2 Å². The fourth-order valence-electron chi connectivity index (χ4n) is 2.32. The van der Waals surface area contributed by atoms with E-state index in [0.29, 0.717) is 17.9 Å². The highest BCUT2D eigenvalue weighted by molar-refractivity contribution is 5.92. The minimum absolute atomic E-state index is 0.0211. The van der Waals surface area contributed by atoms with Gasteiger partial charge in [0.1, 0.15) is 5.69 Å². The number of carbonyl (C=O) groups is 1. The van der Waals surface area contributed by atoms with Crippen molar-refractivity contribution < 1.29 is 9.90 Å². The fourth-order valence-corrected chi connectivity index (χ4v) is 2.32. The van der Waals surface area contributed by atoms with Crippen molar-refractivity contribution in [2.75, 3.05) is 0 Å². The summed E-state index contributed by atoms with van der Waals surface area (Å²) in [4.78, 5) is 15.4. The van der Waals surface area contributed by atoms with Crippen LogP contribution >= 0.6 is 0 Å². The first-order valence-electron chi connectivity index (χ1n) is 7.28. The number of hydrogen-bond donors (Lipinski definition) is 1. The largest absolute Gasteiger partial charge is 0.476 e. The zero-order chi connectivity index (χ0) is 15.2. The van der Waals surface area contributed by atoms with E-state index in [1.165, 1.54) is 19.3 Å². The summed E-state index contributed by atoms with van der Waals surface area (Å²) >= 11 is 0. The van der Waals surface area contributed by atoms with Gasteiger partial charge in [0.25, 0.3) is 0 Å². The Bertz CT molecular complexity index is 602. The molecule has 0 atom stereocenters. The molecular formula is C14H21N5O2. The van der Waals surface area contributed by atoms with Crippen molar-refractivity contribution in [2.24, 2.45) is 7.05 Å². The van der Waals surface area contributed by atoms with E-state index in [1.54, 1.807) is 21.8 Å². The molecular weight excluding hydrogens is 270 g/mol. The summed E-state index contributed by atoms with van der Waals surface area (Å²) in [5.74, 6) is -1.07. The van der Waals surface area contributed by atoms with Crippen molar-refractivity contribution in [1.29, 1.82) is 0 Å². The number of carboxylic acid groups (broad SMARTS) is 1. The average molecular weight is 291 g/mol. The summed E-state index contributed by atoms with van der Waals surface area (Å²) in [6.45, 7) is 2.85. The Balaban J connectivity index is 2.18. The van der Waals surface area contributed by atoms with Crippen LogP contribution in [0.3, 0.4) is 0 Å². The molecule has 2 heterocycles. The highest BCUT2D eigenvalue weighted by Crippen LogP contribution is 2.22. The number of hydrogen-bond acceptors (Lipinski definition) is 4. The summed E-state index contributed by atoms with van der Waals surface area (Å²) in [7, 11) is 1.83. The molecule has 21 heavy (non-hydrogen) atoms. The molecule has 0 aromatic carbocycles. The molecule has 0 amide bonds. The quantitative estimate of drug-likeness (QED) is 0.754. The first kappa shape index (κ1) is 15.2. The van der Waals surface area contributed by atoms with E-state index < -0.39 is 5.97 Å². The number of aromatic carboxylic acids is 1. The van der Waals surface area contributed by atoms with Crippen molar-refractivity contribution in [3.05, 3.63) is 18.2 Å². The Labute approximate surface area is 123 Å². The van der Waals surface area contributed by atoms with Crippen molar-refractivity contribution in [2.45, 2.75) is 45.6 Å². The maximum absolute atomic E-state index is 11.3. The maximum atomic E-state index is 11.3.